The molecule has 5 heteroatoms. The number of benzene rings is 1. The molecule has 1 saturated heterocycles. The smallest absolute Gasteiger partial charge is 0.142 e. The van der Waals surface area contributed by atoms with Gasteiger partial charge >= 0.3 is 0 Å². The second kappa shape index (κ2) is 8.24. The lowest BCUT2D eigenvalue weighted by Gasteiger charge is -2.18. The molecular weight excluding hydrogens is 302 g/mol. The van der Waals surface area contributed by atoms with Crippen molar-refractivity contribution in [3.05, 3.63) is 59.4 Å². The highest BCUT2D eigenvalue weighted by molar-refractivity contribution is 5.31. The molecule has 0 radical (unpaired) electrons. The summed E-state index contributed by atoms with van der Waals surface area (Å²) < 4.78 is 6.08. The maximum absolute atomic E-state index is 9.27. The van der Waals surface area contributed by atoms with Gasteiger partial charge in [0.05, 0.1) is 12.8 Å². The summed E-state index contributed by atoms with van der Waals surface area (Å²) in [5.41, 5.74) is 3.21. The summed E-state index contributed by atoms with van der Waals surface area (Å²) in [6.07, 6.45) is 4.86. The zero-order chi connectivity index (χ0) is 16.8. The van der Waals surface area contributed by atoms with Gasteiger partial charge in [-0.3, -0.25) is 4.98 Å². The molecule has 2 atom stereocenters. The largest absolute Gasteiger partial charge is 0.487 e. The first kappa shape index (κ1) is 16.9. The summed E-state index contributed by atoms with van der Waals surface area (Å²) in [4.78, 5) is 4.19. The molecule has 1 aliphatic rings. The normalized spacial score (nSPS) is 18.5. The Morgan fingerprint density at radius 1 is 1.42 bits per heavy atom. The lowest BCUT2D eigenvalue weighted by molar-refractivity contribution is 0.219. The number of nitrogens with one attached hydrogen (secondary N) is 2. The molecule has 128 valence electrons. The molecule has 2 heterocycles. The van der Waals surface area contributed by atoms with Crippen LogP contribution >= 0.6 is 0 Å². The van der Waals surface area contributed by atoms with Gasteiger partial charge in [-0.05, 0) is 37.1 Å². The Kier molecular flexibility index (Phi) is 5.80. The minimum absolute atomic E-state index is 0.0678. The van der Waals surface area contributed by atoms with Crippen LogP contribution in [-0.2, 0) is 13.2 Å². The highest BCUT2D eigenvalue weighted by atomic mass is 16.5. The summed E-state index contributed by atoms with van der Waals surface area (Å²) in [6, 6.07) is 10.2. The third-order valence-electron chi connectivity index (χ3n) is 4.41. The van der Waals surface area contributed by atoms with Gasteiger partial charge in [0.1, 0.15) is 11.9 Å². The summed E-state index contributed by atoms with van der Waals surface area (Å²) >= 11 is 0. The lowest BCUT2D eigenvalue weighted by Crippen LogP contribution is -2.22. The van der Waals surface area contributed by atoms with Crippen molar-refractivity contribution in [2.24, 2.45) is 0 Å². The number of rotatable bonds is 7. The SMILES string of the molecule is CC(NCc1ccncc1O[C@H]1CCNC1)c1cccc(CO)c1. The third kappa shape index (κ3) is 4.32. The monoisotopic (exact) mass is 327 g/mol. The van der Waals surface area contributed by atoms with Crippen molar-refractivity contribution in [2.75, 3.05) is 13.1 Å². The molecule has 1 fully saturated rings. The van der Waals surface area contributed by atoms with E-state index in [2.05, 4.69) is 28.6 Å². The van der Waals surface area contributed by atoms with Crippen LogP contribution in [-0.4, -0.2) is 29.3 Å². The number of aliphatic hydroxyl groups excluding tert-OH is 1. The molecule has 1 aromatic carbocycles. The topological polar surface area (TPSA) is 66.4 Å². The van der Waals surface area contributed by atoms with Crippen LogP contribution in [0.3, 0.4) is 0 Å². The van der Waals surface area contributed by atoms with Crippen LogP contribution in [0, 0.1) is 0 Å². The molecular formula is C19H25N3O2. The average Bonchev–Trinajstić information content (AvgIpc) is 3.14. The van der Waals surface area contributed by atoms with E-state index < -0.39 is 0 Å². The fourth-order valence-corrected chi connectivity index (χ4v) is 2.91. The maximum Gasteiger partial charge on any atom is 0.142 e. The molecule has 0 spiro atoms. The molecule has 0 bridgehead atoms. The molecule has 0 amide bonds. The van der Waals surface area contributed by atoms with Gasteiger partial charge < -0.3 is 20.5 Å². The Morgan fingerprint density at radius 3 is 3.12 bits per heavy atom. The van der Waals surface area contributed by atoms with Crippen molar-refractivity contribution in [3.63, 3.8) is 0 Å². The molecule has 1 aliphatic heterocycles. The number of hydrogen-bond donors (Lipinski definition) is 3. The third-order valence-corrected chi connectivity index (χ3v) is 4.41. The summed E-state index contributed by atoms with van der Waals surface area (Å²) in [6.45, 7) is 4.81. The standard InChI is InChI=1S/C19H25N3O2/c1-14(16-4-2-3-15(9-16)13-23)22-10-17-5-7-21-12-19(17)24-18-6-8-20-11-18/h2-5,7,9,12,14,18,20,22-23H,6,8,10-11,13H2,1H3/t14?,18-/m0/s1. The van der Waals surface area contributed by atoms with Crippen molar-refractivity contribution < 1.29 is 9.84 Å². The second-order valence-electron chi connectivity index (χ2n) is 6.22. The van der Waals surface area contributed by atoms with E-state index in [9.17, 15) is 5.11 Å². The van der Waals surface area contributed by atoms with Crippen molar-refractivity contribution in [1.82, 2.24) is 15.6 Å². The van der Waals surface area contributed by atoms with Crippen LogP contribution in [0.15, 0.2) is 42.7 Å². The fourth-order valence-electron chi connectivity index (χ4n) is 2.91. The molecule has 24 heavy (non-hydrogen) atoms. The summed E-state index contributed by atoms with van der Waals surface area (Å²) in [5.74, 6) is 0.856. The molecule has 1 unspecified atom stereocenters. The van der Waals surface area contributed by atoms with E-state index in [1.165, 1.54) is 0 Å². The van der Waals surface area contributed by atoms with Crippen molar-refractivity contribution in [2.45, 2.75) is 38.6 Å². The van der Waals surface area contributed by atoms with Crippen molar-refractivity contribution in [1.29, 1.82) is 0 Å². The van der Waals surface area contributed by atoms with E-state index in [1.807, 2.05) is 24.3 Å². The van der Waals surface area contributed by atoms with E-state index in [-0.39, 0.29) is 18.8 Å². The number of hydrogen-bond acceptors (Lipinski definition) is 5. The van der Waals surface area contributed by atoms with Gasteiger partial charge in [0, 0.05) is 30.9 Å². The van der Waals surface area contributed by atoms with Crippen molar-refractivity contribution >= 4 is 0 Å². The van der Waals surface area contributed by atoms with Crippen LogP contribution in [0.4, 0.5) is 0 Å². The van der Waals surface area contributed by atoms with Crippen LogP contribution in [0.25, 0.3) is 0 Å². The van der Waals surface area contributed by atoms with E-state index in [0.29, 0.717) is 6.54 Å². The van der Waals surface area contributed by atoms with Crippen LogP contribution in [0.1, 0.15) is 36.1 Å². The van der Waals surface area contributed by atoms with Gasteiger partial charge in [-0.1, -0.05) is 24.3 Å². The van der Waals surface area contributed by atoms with E-state index in [4.69, 9.17) is 4.74 Å². The zero-order valence-electron chi connectivity index (χ0n) is 14.0. The lowest BCUT2D eigenvalue weighted by atomic mass is 10.1. The predicted octanol–water partition coefficient (Wildman–Crippen LogP) is 2.17. The predicted molar refractivity (Wildman–Crippen MR) is 93.8 cm³/mol. The quantitative estimate of drug-likeness (QED) is 0.727. The minimum Gasteiger partial charge on any atom is -0.487 e. The zero-order valence-corrected chi connectivity index (χ0v) is 14.0. The Hall–Kier alpha value is -1.95. The molecule has 0 aliphatic carbocycles. The van der Waals surface area contributed by atoms with Gasteiger partial charge in [0.15, 0.2) is 0 Å². The Bertz CT molecular complexity index is 657. The number of nitrogens with zero attached hydrogens (tertiary/aromatic N) is 1. The second-order valence-corrected chi connectivity index (χ2v) is 6.22. The molecule has 2 aromatic rings. The Morgan fingerprint density at radius 2 is 2.33 bits per heavy atom. The Labute approximate surface area is 143 Å². The molecule has 5 nitrogen and oxygen atoms in total. The number of ether oxygens (including phenoxy) is 1. The van der Waals surface area contributed by atoms with Gasteiger partial charge in [-0.2, -0.15) is 0 Å². The first-order chi connectivity index (χ1) is 11.8. The fraction of sp³-hybridized carbons (Fsp3) is 0.421. The molecule has 0 saturated carbocycles. The van der Waals surface area contributed by atoms with Gasteiger partial charge in [-0.15, -0.1) is 0 Å². The van der Waals surface area contributed by atoms with Gasteiger partial charge in [-0.25, -0.2) is 0 Å². The highest BCUT2D eigenvalue weighted by Gasteiger charge is 2.17. The maximum atomic E-state index is 9.27. The first-order valence-corrected chi connectivity index (χ1v) is 8.49. The average molecular weight is 327 g/mol. The Balaban J connectivity index is 1.63. The molecule has 3 rings (SSSR count). The first-order valence-electron chi connectivity index (χ1n) is 8.49. The molecule has 3 N–H and O–H groups in total. The van der Waals surface area contributed by atoms with Crippen LogP contribution < -0.4 is 15.4 Å². The molecule has 1 aromatic heterocycles. The van der Waals surface area contributed by atoms with E-state index >= 15 is 0 Å². The minimum atomic E-state index is 0.0678. The number of aromatic nitrogens is 1. The van der Waals surface area contributed by atoms with E-state index in [1.54, 1.807) is 12.4 Å². The highest BCUT2D eigenvalue weighted by Crippen LogP contribution is 2.21. The van der Waals surface area contributed by atoms with Gasteiger partial charge in [0.2, 0.25) is 0 Å². The summed E-state index contributed by atoms with van der Waals surface area (Å²) in [5, 5.41) is 16.1. The van der Waals surface area contributed by atoms with Crippen molar-refractivity contribution in [3.8, 4) is 5.75 Å². The summed E-state index contributed by atoms with van der Waals surface area (Å²) in [7, 11) is 0. The van der Waals surface area contributed by atoms with Gasteiger partial charge in [0.25, 0.3) is 0 Å². The number of pyridine rings is 1. The van der Waals surface area contributed by atoms with Crippen LogP contribution in [0.2, 0.25) is 0 Å². The van der Waals surface area contributed by atoms with E-state index in [0.717, 1.165) is 42.0 Å². The number of aliphatic hydroxyl groups is 1. The van der Waals surface area contributed by atoms with Crippen LogP contribution in [0.5, 0.6) is 5.75 Å².